The third-order valence-electron chi connectivity index (χ3n) is 4.10. The number of amides is 1. The normalized spacial score (nSPS) is 16.5. The molecule has 1 amide bonds. The highest BCUT2D eigenvalue weighted by Gasteiger charge is 2.25. The van der Waals surface area contributed by atoms with Gasteiger partial charge in [0.15, 0.2) is 0 Å². The Bertz CT molecular complexity index is 584. The number of hydrogen-bond donors (Lipinski definition) is 1. The largest absolute Gasteiger partial charge is 0.343 e. The molecule has 1 aromatic heterocycles. The van der Waals surface area contributed by atoms with Gasteiger partial charge >= 0.3 is 0 Å². The van der Waals surface area contributed by atoms with Gasteiger partial charge < -0.3 is 10.2 Å². The van der Waals surface area contributed by atoms with Crippen molar-refractivity contribution in [2.45, 2.75) is 25.2 Å². The molecule has 0 radical (unpaired) electrons. The van der Waals surface area contributed by atoms with Gasteiger partial charge in [-0.05, 0) is 32.0 Å². The molecule has 1 fully saturated rings. The summed E-state index contributed by atoms with van der Waals surface area (Å²) in [6.45, 7) is 2.49. The fourth-order valence-corrected chi connectivity index (χ4v) is 3.97. The van der Waals surface area contributed by atoms with E-state index < -0.39 is 0 Å². The second kappa shape index (κ2) is 6.54. The first-order chi connectivity index (χ1) is 10.3. The Labute approximate surface area is 129 Å². The average molecular weight is 303 g/mol. The highest BCUT2D eigenvalue weighted by molar-refractivity contribution is 7.18. The van der Waals surface area contributed by atoms with Crippen LogP contribution in [0.4, 0.5) is 0 Å². The van der Waals surface area contributed by atoms with Crippen LogP contribution in [0.3, 0.4) is 0 Å². The molecule has 0 spiro atoms. The SMILES string of the molecule is CNCCC(=O)N1CCC(c2nc3ccccc3s2)CC1. The van der Waals surface area contributed by atoms with Crippen LogP contribution in [-0.2, 0) is 4.79 Å². The molecule has 112 valence electrons. The number of carbonyl (C=O) groups excluding carboxylic acids is 1. The zero-order valence-electron chi connectivity index (χ0n) is 12.3. The van der Waals surface area contributed by atoms with Crippen LogP contribution in [0.15, 0.2) is 24.3 Å². The van der Waals surface area contributed by atoms with Gasteiger partial charge in [-0.15, -0.1) is 11.3 Å². The van der Waals surface area contributed by atoms with Crippen molar-refractivity contribution < 1.29 is 4.79 Å². The lowest BCUT2D eigenvalue weighted by molar-refractivity contribution is -0.132. The summed E-state index contributed by atoms with van der Waals surface area (Å²) >= 11 is 1.80. The number of hydrogen-bond acceptors (Lipinski definition) is 4. The Morgan fingerprint density at radius 3 is 2.86 bits per heavy atom. The van der Waals surface area contributed by atoms with Gasteiger partial charge in [0, 0.05) is 32.0 Å². The summed E-state index contributed by atoms with van der Waals surface area (Å²) < 4.78 is 1.26. The summed E-state index contributed by atoms with van der Waals surface area (Å²) in [6, 6.07) is 8.31. The number of carbonyl (C=O) groups is 1. The number of aromatic nitrogens is 1. The minimum atomic E-state index is 0.270. The maximum Gasteiger partial charge on any atom is 0.223 e. The van der Waals surface area contributed by atoms with E-state index in [-0.39, 0.29) is 5.91 Å². The van der Waals surface area contributed by atoms with Crippen LogP contribution < -0.4 is 5.32 Å². The first kappa shape index (κ1) is 14.5. The first-order valence-electron chi connectivity index (χ1n) is 7.56. The number of benzene rings is 1. The number of nitrogens with one attached hydrogen (secondary N) is 1. The van der Waals surface area contributed by atoms with Crippen molar-refractivity contribution in [2.75, 3.05) is 26.7 Å². The minimum Gasteiger partial charge on any atom is -0.343 e. The molecule has 1 N–H and O–H groups in total. The van der Waals surface area contributed by atoms with E-state index in [9.17, 15) is 4.79 Å². The lowest BCUT2D eigenvalue weighted by Gasteiger charge is -2.31. The van der Waals surface area contributed by atoms with E-state index in [0.29, 0.717) is 12.3 Å². The van der Waals surface area contributed by atoms with Crippen LogP contribution in [0.2, 0.25) is 0 Å². The smallest absolute Gasteiger partial charge is 0.223 e. The molecule has 0 atom stereocenters. The van der Waals surface area contributed by atoms with Crippen molar-refractivity contribution in [1.29, 1.82) is 0 Å². The summed E-state index contributed by atoms with van der Waals surface area (Å²) in [4.78, 5) is 18.8. The quantitative estimate of drug-likeness (QED) is 0.944. The van der Waals surface area contributed by atoms with Gasteiger partial charge in [-0.3, -0.25) is 4.79 Å². The molecule has 2 aromatic rings. The number of thiazole rings is 1. The molecule has 2 heterocycles. The molecule has 21 heavy (non-hydrogen) atoms. The molecule has 0 saturated carbocycles. The molecule has 5 heteroatoms. The monoisotopic (exact) mass is 303 g/mol. The lowest BCUT2D eigenvalue weighted by Crippen LogP contribution is -2.38. The zero-order chi connectivity index (χ0) is 14.7. The fraction of sp³-hybridized carbons (Fsp3) is 0.500. The topological polar surface area (TPSA) is 45.2 Å². The maximum absolute atomic E-state index is 12.0. The molecule has 3 rings (SSSR count). The molecule has 1 saturated heterocycles. The summed E-state index contributed by atoms with van der Waals surface area (Å²) in [7, 11) is 1.88. The summed E-state index contributed by atoms with van der Waals surface area (Å²) in [6.07, 6.45) is 2.67. The number of piperidine rings is 1. The maximum atomic E-state index is 12.0. The minimum absolute atomic E-state index is 0.270. The van der Waals surface area contributed by atoms with E-state index in [1.807, 2.05) is 18.0 Å². The van der Waals surface area contributed by atoms with E-state index in [2.05, 4.69) is 23.5 Å². The molecule has 1 aliphatic rings. The van der Waals surface area contributed by atoms with E-state index in [4.69, 9.17) is 4.98 Å². The molecular formula is C16H21N3OS. The van der Waals surface area contributed by atoms with E-state index >= 15 is 0 Å². The number of rotatable bonds is 4. The van der Waals surface area contributed by atoms with E-state index in [1.54, 1.807) is 11.3 Å². The molecule has 1 aromatic carbocycles. The molecule has 0 aliphatic carbocycles. The Morgan fingerprint density at radius 1 is 1.38 bits per heavy atom. The Hall–Kier alpha value is -1.46. The van der Waals surface area contributed by atoms with Gasteiger partial charge in [-0.1, -0.05) is 12.1 Å². The highest BCUT2D eigenvalue weighted by atomic mass is 32.1. The third-order valence-corrected chi connectivity index (χ3v) is 5.30. The van der Waals surface area contributed by atoms with Crippen molar-refractivity contribution in [3.8, 4) is 0 Å². The second-order valence-electron chi connectivity index (χ2n) is 5.53. The number of fused-ring (bicyclic) bond motifs is 1. The fourth-order valence-electron chi connectivity index (χ4n) is 2.83. The molecule has 1 aliphatic heterocycles. The zero-order valence-corrected chi connectivity index (χ0v) is 13.2. The average Bonchev–Trinajstić information content (AvgIpc) is 2.96. The Kier molecular flexibility index (Phi) is 4.51. The van der Waals surface area contributed by atoms with Gasteiger partial charge in [-0.2, -0.15) is 0 Å². The third kappa shape index (κ3) is 3.24. The first-order valence-corrected chi connectivity index (χ1v) is 8.37. The predicted molar refractivity (Wildman–Crippen MR) is 86.7 cm³/mol. The summed E-state index contributed by atoms with van der Waals surface area (Å²) in [5.41, 5.74) is 1.10. The molecular weight excluding hydrogens is 282 g/mol. The van der Waals surface area contributed by atoms with Gasteiger partial charge in [0.05, 0.1) is 15.2 Å². The van der Waals surface area contributed by atoms with E-state index in [0.717, 1.165) is 38.0 Å². The van der Waals surface area contributed by atoms with Gasteiger partial charge in [0.1, 0.15) is 0 Å². The van der Waals surface area contributed by atoms with Crippen LogP contribution in [0.1, 0.15) is 30.2 Å². The molecule has 0 bridgehead atoms. The van der Waals surface area contributed by atoms with Crippen molar-refractivity contribution >= 4 is 27.5 Å². The summed E-state index contributed by atoms with van der Waals surface area (Å²) in [5.74, 6) is 0.780. The Balaban J connectivity index is 1.61. The number of likely N-dealkylation sites (tertiary alicyclic amines) is 1. The standard InChI is InChI=1S/C16H21N3OS/c1-17-9-6-15(20)19-10-7-12(8-11-19)16-18-13-4-2-3-5-14(13)21-16/h2-5,12,17H,6-11H2,1H3. The van der Waals surface area contributed by atoms with Crippen molar-refractivity contribution in [2.24, 2.45) is 0 Å². The van der Waals surface area contributed by atoms with Crippen molar-refractivity contribution in [1.82, 2.24) is 15.2 Å². The number of nitrogens with zero attached hydrogens (tertiary/aromatic N) is 2. The van der Waals surface area contributed by atoms with Crippen LogP contribution >= 0.6 is 11.3 Å². The van der Waals surface area contributed by atoms with Gasteiger partial charge in [0.2, 0.25) is 5.91 Å². The Morgan fingerprint density at radius 2 is 2.14 bits per heavy atom. The number of para-hydroxylation sites is 1. The van der Waals surface area contributed by atoms with Gasteiger partial charge in [0.25, 0.3) is 0 Å². The van der Waals surface area contributed by atoms with Crippen LogP contribution in [0, 0.1) is 0 Å². The van der Waals surface area contributed by atoms with Crippen molar-refractivity contribution in [3.63, 3.8) is 0 Å². The molecule has 4 nitrogen and oxygen atoms in total. The van der Waals surface area contributed by atoms with Gasteiger partial charge in [-0.25, -0.2) is 4.98 Å². The van der Waals surface area contributed by atoms with Crippen molar-refractivity contribution in [3.05, 3.63) is 29.3 Å². The van der Waals surface area contributed by atoms with Crippen LogP contribution in [-0.4, -0.2) is 42.5 Å². The molecule has 0 unspecified atom stereocenters. The second-order valence-corrected chi connectivity index (χ2v) is 6.59. The van der Waals surface area contributed by atoms with Crippen LogP contribution in [0.5, 0.6) is 0 Å². The highest BCUT2D eigenvalue weighted by Crippen LogP contribution is 2.33. The summed E-state index contributed by atoms with van der Waals surface area (Å²) in [5, 5.41) is 4.27. The predicted octanol–water partition coefficient (Wildman–Crippen LogP) is 2.61. The van der Waals surface area contributed by atoms with Crippen LogP contribution in [0.25, 0.3) is 10.2 Å². The van der Waals surface area contributed by atoms with E-state index in [1.165, 1.54) is 9.71 Å². The lowest BCUT2D eigenvalue weighted by atomic mass is 9.97.